The van der Waals surface area contributed by atoms with Gasteiger partial charge in [-0.15, -0.1) is 0 Å². The molecule has 43 heavy (non-hydrogen) atoms. The highest BCUT2D eigenvalue weighted by Gasteiger charge is 2.44. The van der Waals surface area contributed by atoms with Gasteiger partial charge in [0.25, 0.3) is 5.91 Å². The van der Waals surface area contributed by atoms with Gasteiger partial charge in [0.15, 0.2) is 11.5 Å². The number of nitrogens with one attached hydrogen (secondary N) is 1. The fourth-order valence-electron chi connectivity index (χ4n) is 6.73. The van der Waals surface area contributed by atoms with Crippen molar-refractivity contribution in [3.63, 3.8) is 0 Å². The van der Waals surface area contributed by atoms with E-state index >= 15 is 0 Å². The summed E-state index contributed by atoms with van der Waals surface area (Å²) in [6, 6.07) is 12.1. The van der Waals surface area contributed by atoms with Crippen molar-refractivity contribution in [3.05, 3.63) is 84.7 Å². The van der Waals surface area contributed by atoms with Gasteiger partial charge in [-0.1, -0.05) is 6.58 Å². The van der Waals surface area contributed by atoms with E-state index < -0.39 is 0 Å². The standard InChI is InChI=1S/C32H35N9O2/c1-20-13-23(6-8-28(20)43-25-9-11-40-29(15-25)33-18-35-40)37-31-30-26(10-12-41(30)36-19-34-31)27-14-24-7-5-22(27)17-39(24)32(42)21(2)16-38(3)4/h6,8-13,15,18-19,22,24,27H,2,5,7,14,16-17H2,1,3-4H3,(H,34,36,37)/t22-,24-,27+/m1/s1. The number of ether oxygens (including phenoxy) is 1. The molecule has 0 radical (unpaired) electrons. The van der Waals surface area contributed by atoms with Crippen LogP contribution in [0.25, 0.3) is 11.2 Å². The molecule has 1 saturated carbocycles. The van der Waals surface area contributed by atoms with E-state index in [0.29, 0.717) is 29.7 Å². The number of nitrogens with zero attached hydrogens (tertiary/aromatic N) is 8. The Morgan fingerprint density at radius 1 is 1.07 bits per heavy atom. The fraction of sp³-hybridized carbons (Fsp3) is 0.344. The molecule has 1 aromatic carbocycles. The Labute approximate surface area is 249 Å². The first-order valence-electron chi connectivity index (χ1n) is 14.6. The summed E-state index contributed by atoms with van der Waals surface area (Å²) in [6.45, 7) is 7.45. The zero-order valence-corrected chi connectivity index (χ0v) is 24.6. The number of hydrogen-bond acceptors (Lipinski definition) is 8. The third-order valence-corrected chi connectivity index (χ3v) is 8.71. The number of piperidine rings is 2. The van der Waals surface area contributed by atoms with Crippen LogP contribution in [0.3, 0.4) is 0 Å². The molecule has 11 heteroatoms. The van der Waals surface area contributed by atoms with Gasteiger partial charge in [0, 0.05) is 48.9 Å². The minimum absolute atomic E-state index is 0.0937. The lowest BCUT2D eigenvalue weighted by Crippen LogP contribution is -2.54. The third-order valence-electron chi connectivity index (χ3n) is 8.71. The Balaban J connectivity index is 1.11. The van der Waals surface area contributed by atoms with Gasteiger partial charge in [-0.05, 0) is 93.6 Å². The van der Waals surface area contributed by atoms with Gasteiger partial charge in [0.2, 0.25) is 0 Å². The second-order valence-electron chi connectivity index (χ2n) is 11.9. The molecule has 8 rings (SSSR count). The quantitative estimate of drug-likeness (QED) is 0.262. The summed E-state index contributed by atoms with van der Waals surface area (Å²) in [5, 5.41) is 12.2. The number of hydrogen-bond donors (Lipinski definition) is 1. The SMILES string of the molecule is C=C(CN(C)C)C(=O)N1C[C@H]2CC[C@@H]1C[C@@H]2c1ccn2ncnc(Nc3ccc(Oc4ccn5ncnc5c4)c(C)c3)c12. The summed E-state index contributed by atoms with van der Waals surface area (Å²) in [4.78, 5) is 26.2. The number of likely N-dealkylation sites (N-methyl/N-ethyl adjacent to an activating group) is 1. The molecule has 1 N–H and O–H groups in total. The lowest BCUT2D eigenvalue weighted by atomic mass is 9.69. The molecule has 0 spiro atoms. The van der Waals surface area contributed by atoms with Crippen molar-refractivity contribution in [2.75, 3.05) is 32.5 Å². The molecule has 11 nitrogen and oxygen atoms in total. The topological polar surface area (TPSA) is 105 Å². The summed E-state index contributed by atoms with van der Waals surface area (Å²) in [6.07, 6.45) is 10.0. The summed E-state index contributed by atoms with van der Waals surface area (Å²) < 4.78 is 9.76. The number of anilines is 2. The number of carbonyl (C=O) groups excluding carboxylic acids is 1. The molecular formula is C32H35N9O2. The zero-order chi connectivity index (χ0) is 29.7. The molecular weight excluding hydrogens is 542 g/mol. The highest BCUT2D eigenvalue weighted by molar-refractivity contribution is 5.93. The molecule has 2 bridgehead atoms. The number of rotatable bonds is 8. The predicted octanol–water partition coefficient (Wildman–Crippen LogP) is 4.83. The first kappa shape index (κ1) is 27.1. The van der Waals surface area contributed by atoms with Crippen LogP contribution in [-0.2, 0) is 4.79 Å². The maximum absolute atomic E-state index is 13.2. The summed E-state index contributed by atoms with van der Waals surface area (Å²) >= 11 is 0. The molecule has 3 fully saturated rings. The Morgan fingerprint density at radius 3 is 2.67 bits per heavy atom. The first-order chi connectivity index (χ1) is 20.8. The van der Waals surface area contributed by atoms with Crippen molar-refractivity contribution in [2.24, 2.45) is 5.92 Å². The van der Waals surface area contributed by atoms with E-state index in [1.807, 2.05) is 67.1 Å². The van der Waals surface area contributed by atoms with Crippen molar-refractivity contribution < 1.29 is 9.53 Å². The highest BCUT2D eigenvalue weighted by Crippen LogP contribution is 2.47. The lowest BCUT2D eigenvalue weighted by molar-refractivity contribution is -0.135. The Bertz CT molecular complexity index is 1840. The maximum Gasteiger partial charge on any atom is 0.250 e. The number of carbonyl (C=O) groups is 1. The van der Waals surface area contributed by atoms with E-state index in [4.69, 9.17) is 4.74 Å². The van der Waals surface area contributed by atoms with Gasteiger partial charge >= 0.3 is 0 Å². The van der Waals surface area contributed by atoms with E-state index in [2.05, 4.69) is 49.1 Å². The van der Waals surface area contributed by atoms with Crippen LogP contribution < -0.4 is 10.1 Å². The number of pyridine rings is 1. The molecule has 3 atom stereocenters. The summed E-state index contributed by atoms with van der Waals surface area (Å²) in [5.41, 5.74) is 5.49. The van der Waals surface area contributed by atoms with Crippen molar-refractivity contribution >= 4 is 28.6 Å². The molecule has 0 unspecified atom stereocenters. The monoisotopic (exact) mass is 577 g/mol. The Morgan fingerprint density at radius 2 is 1.88 bits per heavy atom. The largest absolute Gasteiger partial charge is 0.457 e. The van der Waals surface area contributed by atoms with Crippen LogP contribution in [0.15, 0.2) is 73.6 Å². The van der Waals surface area contributed by atoms with Crippen molar-refractivity contribution in [1.29, 1.82) is 0 Å². The average Bonchev–Trinajstić information content (AvgIpc) is 3.65. The third kappa shape index (κ3) is 5.10. The molecule has 1 amide bonds. The zero-order valence-electron chi connectivity index (χ0n) is 24.6. The van der Waals surface area contributed by atoms with Crippen LogP contribution in [-0.4, -0.2) is 78.1 Å². The molecule has 5 aromatic rings. The van der Waals surface area contributed by atoms with Crippen LogP contribution in [0.4, 0.5) is 11.5 Å². The minimum atomic E-state index is 0.0937. The normalized spacial score (nSPS) is 19.8. The summed E-state index contributed by atoms with van der Waals surface area (Å²) in [7, 11) is 3.93. The second-order valence-corrected chi connectivity index (χ2v) is 11.9. The number of fused-ring (bicyclic) bond motifs is 5. The number of aromatic nitrogens is 6. The van der Waals surface area contributed by atoms with Crippen molar-refractivity contribution in [2.45, 2.75) is 38.1 Å². The number of amides is 1. The molecule has 220 valence electrons. The highest BCUT2D eigenvalue weighted by atomic mass is 16.5. The smallest absolute Gasteiger partial charge is 0.250 e. The van der Waals surface area contributed by atoms with Crippen molar-refractivity contribution in [3.8, 4) is 11.5 Å². The molecule has 4 aromatic heterocycles. The summed E-state index contributed by atoms with van der Waals surface area (Å²) in [5.74, 6) is 3.03. The molecule has 1 aliphatic carbocycles. The maximum atomic E-state index is 13.2. The van der Waals surface area contributed by atoms with Crippen molar-refractivity contribution in [1.82, 2.24) is 39.0 Å². The van der Waals surface area contributed by atoms with E-state index in [1.54, 1.807) is 10.8 Å². The van der Waals surface area contributed by atoms with E-state index in [9.17, 15) is 4.79 Å². The molecule has 6 heterocycles. The Kier molecular flexibility index (Phi) is 6.81. The van der Waals surface area contributed by atoms with E-state index in [-0.39, 0.29) is 11.9 Å². The van der Waals surface area contributed by atoms with Crippen LogP contribution in [0.2, 0.25) is 0 Å². The fourth-order valence-corrected chi connectivity index (χ4v) is 6.73. The van der Waals surface area contributed by atoms with Gasteiger partial charge in [-0.2, -0.15) is 10.2 Å². The average molecular weight is 578 g/mol. The van der Waals surface area contributed by atoms with Crippen LogP contribution in [0, 0.1) is 12.8 Å². The Hall–Kier alpha value is -4.77. The molecule has 2 saturated heterocycles. The predicted molar refractivity (Wildman–Crippen MR) is 164 cm³/mol. The van der Waals surface area contributed by atoms with Crippen LogP contribution in [0.1, 0.15) is 36.3 Å². The molecule has 3 aliphatic rings. The van der Waals surface area contributed by atoms with E-state index in [1.165, 1.54) is 11.9 Å². The van der Waals surface area contributed by atoms with Gasteiger partial charge < -0.3 is 19.9 Å². The van der Waals surface area contributed by atoms with E-state index in [0.717, 1.165) is 59.8 Å². The number of aryl methyl sites for hydroxylation is 1. The lowest BCUT2D eigenvalue weighted by Gasteiger charge is -2.50. The second kappa shape index (κ2) is 10.8. The van der Waals surface area contributed by atoms with Crippen LogP contribution in [0.5, 0.6) is 11.5 Å². The van der Waals surface area contributed by atoms with Crippen LogP contribution >= 0.6 is 0 Å². The van der Waals surface area contributed by atoms with Gasteiger partial charge in [0.05, 0.1) is 0 Å². The van der Waals surface area contributed by atoms with Gasteiger partial charge in [-0.3, -0.25) is 4.79 Å². The van der Waals surface area contributed by atoms with Gasteiger partial charge in [-0.25, -0.2) is 19.0 Å². The first-order valence-corrected chi connectivity index (χ1v) is 14.6. The number of benzene rings is 1. The minimum Gasteiger partial charge on any atom is -0.457 e. The van der Waals surface area contributed by atoms with Gasteiger partial charge in [0.1, 0.15) is 29.7 Å². The molecule has 2 aliphatic heterocycles.